The first-order valence-electron chi connectivity index (χ1n) is 5.74. The van der Waals surface area contributed by atoms with Gasteiger partial charge >= 0.3 is 0 Å². The third-order valence-electron chi connectivity index (χ3n) is 2.67. The summed E-state index contributed by atoms with van der Waals surface area (Å²) < 4.78 is 4.88. The SMILES string of the molecule is CNC(C)c1ccccc1NC(=O)CCOC. The zero-order valence-electron chi connectivity index (χ0n) is 10.6. The summed E-state index contributed by atoms with van der Waals surface area (Å²) in [6.07, 6.45) is 0.374. The van der Waals surface area contributed by atoms with E-state index in [2.05, 4.69) is 17.6 Å². The molecule has 0 bridgehead atoms. The number of nitrogens with one attached hydrogen (secondary N) is 2. The fraction of sp³-hybridized carbons (Fsp3) is 0.462. The minimum atomic E-state index is -0.0254. The highest BCUT2D eigenvalue weighted by atomic mass is 16.5. The van der Waals surface area contributed by atoms with Crippen molar-refractivity contribution in [2.24, 2.45) is 0 Å². The first kappa shape index (κ1) is 13.7. The Labute approximate surface area is 102 Å². The lowest BCUT2D eigenvalue weighted by molar-refractivity contribution is -0.117. The molecule has 0 fully saturated rings. The summed E-state index contributed by atoms with van der Waals surface area (Å²) in [5.74, 6) is -0.0254. The molecule has 1 aromatic rings. The van der Waals surface area contributed by atoms with E-state index in [9.17, 15) is 4.79 Å². The number of carbonyl (C=O) groups is 1. The van der Waals surface area contributed by atoms with Gasteiger partial charge in [0, 0.05) is 18.8 Å². The van der Waals surface area contributed by atoms with Gasteiger partial charge in [0.15, 0.2) is 0 Å². The molecule has 0 saturated carbocycles. The molecule has 0 aliphatic carbocycles. The molecule has 0 heterocycles. The van der Waals surface area contributed by atoms with Crippen molar-refractivity contribution in [2.45, 2.75) is 19.4 Å². The van der Waals surface area contributed by atoms with Crippen LogP contribution in [0.5, 0.6) is 0 Å². The second-order valence-corrected chi connectivity index (χ2v) is 3.89. The van der Waals surface area contributed by atoms with Crippen molar-refractivity contribution in [3.05, 3.63) is 29.8 Å². The molecule has 94 valence electrons. The Morgan fingerprint density at radius 2 is 2.12 bits per heavy atom. The van der Waals surface area contributed by atoms with Gasteiger partial charge in [-0.2, -0.15) is 0 Å². The predicted octanol–water partition coefficient (Wildman–Crippen LogP) is 1.94. The second kappa shape index (κ2) is 7.04. The lowest BCUT2D eigenvalue weighted by atomic mass is 10.1. The maximum atomic E-state index is 11.6. The van der Waals surface area contributed by atoms with Gasteiger partial charge in [-0.1, -0.05) is 18.2 Å². The topological polar surface area (TPSA) is 50.4 Å². The normalized spacial score (nSPS) is 12.2. The number of rotatable bonds is 6. The molecule has 2 N–H and O–H groups in total. The van der Waals surface area contributed by atoms with Crippen LogP contribution in [0, 0.1) is 0 Å². The van der Waals surface area contributed by atoms with Gasteiger partial charge in [0.1, 0.15) is 0 Å². The van der Waals surface area contributed by atoms with Crippen molar-refractivity contribution in [1.29, 1.82) is 0 Å². The van der Waals surface area contributed by atoms with Crippen molar-refractivity contribution >= 4 is 11.6 Å². The molecule has 0 aliphatic rings. The van der Waals surface area contributed by atoms with Crippen LogP contribution in [0.3, 0.4) is 0 Å². The van der Waals surface area contributed by atoms with Crippen molar-refractivity contribution in [2.75, 3.05) is 26.1 Å². The smallest absolute Gasteiger partial charge is 0.226 e. The van der Waals surface area contributed by atoms with Gasteiger partial charge in [-0.25, -0.2) is 0 Å². The van der Waals surface area contributed by atoms with E-state index in [4.69, 9.17) is 4.74 Å². The molecule has 4 heteroatoms. The Bertz CT molecular complexity index is 366. The average Bonchev–Trinajstić information content (AvgIpc) is 2.36. The lowest BCUT2D eigenvalue weighted by Gasteiger charge is -2.16. The summed E-state index contributed by atoms with van der Waals surface area (Å²) >= 11 is 0. The number of para-hydroxylation sites is 1. The molecule has 1 atom stereocenters. The van der Waals surface area contributed by atoms with Crippen LogP contribution < -0.4 is 10.6 Å². The van der Waals surface area contributed by atoms with E-state index in [0.717, 1.165) is 11.3 Å². The molecule has 0 aliphatic heterocycles. The molecule has 1 aromatic carbocycles. The van der Waals surface area contributed by atoms with E-state index in [0.29, 0.717) is 13.0 Å². The van der Waals surface area contributed by atoms with Crippen molar-refractivity contribution < 1.29 is 9.53 Å². The van der Waals surface area contributed by atoms with E-state index in [1.165, 1.54) is 0 Å². The molecular weight excluding hydrogens is 216 g/mol. The van der Waals surface area contributed by atoms with Crippen molar-refractivity contribution in [3.8, 4) is 0 Å². The average molecular weight is 236 g/mol. The number of benzene rings is 1. The quantitative estimate of drug-likeness (QED) is 0.793. The number of anilines is 1. The highest BCUT2D eigenvalue weighted by Gasteiger charge is 2.10. The summed E-state index contributed by atoms with van der Waals surface area (Å²) in [5, 5.41) is 6.06. The van der Waals surface area contributed by atoms with Gasteiger partial charge in [0.2, 0.25) is 5.91 Å². The third-order valence-corrected chi connectivity index (χ3v) is 2.67. The minimum absolute atomic E-state index is 0.0254. The molecule has 0 saturated heterocycles. The van der Waals surface area contributed by atoms with E-state index in [-0.39, 0.29) is 11.9 Å². The van der Waals surface area contributed by atoms with E-state index >= 15 is 0 Å². The van der Waals surface area contributed by atoms with Crippen LogP contribution >= 0.6 is 0 Å². The maximum Gasteiger partial charge on any atom is 0.226 e. The van der Waals surface area contributed by atoms with Crippen LogP contribution in [-0.2, 0) is 9.53 Å². The zero-order valence-corrected chi connectivity index (χ0v) is 10.6. The summed E-state index contributed by atoms with van der Waals surface area (Å²) in [5.41, 5.74) is 1.94. The van der Waals surface area contributed by atoms with E-state index < -0.39 is 0 Å². The van der Waals surface area contributed by atoms with Crippen LogP contribution in [-0.4, -0.2) is 26.7 Å². The van der Waals surface area contributed by atoms with Crippen LogP contribution in [0.15, 0.2) is 24.3 Å². The largest absolute Gasteiger partial charge is 0.384 e. The summed E-state index contributed by atoms with van der Waals surface area (Å²) in [4.78, 5) is 11.6. The molecule has 4 nitrogen and oxygen atoms in total. The molecular formula is C13H20N2O2. The van der Waals surface area contributed by atoms with E-state index in [1.807, 2.05) is 31.3 Å². The lowest BCUT2D eigenvalue weighted by Crippen LogP contribution is -2.18. The Kier molecular flexibility index (Phi) is 5.66. The van der Waals surface area contributed by atoms with Crippen LogP contribution in [0.1, 0.15) is 24.9 Å². The number of hydrogen-bond donors (Lipinski definition) is 2. The monoisotopic (exact) mass is 236 g/mol. The maximum absolute atomic E-state index is 11.6. The van der Waals surface area contributed by atoms with Gasteiger partial charge in [-0.05, 0) is 25.6 Å². The molecule has 0 aromatic heterocycles. The Morgan fingerprint density at radius 3 is 2.76 bits per heavy atom. The highest BCUT2D eigenvalue weighted by molar-refractivity contribution is 5.91. The fourth-order valence-electron chi connectivity index (χ4n) is 1.55. The summed E-state index contributed by atoms with van der Waals surface area (Å²) in [7, 11) is 3.48. The number of amides is 1. The number of ether oxygens (including phenoxy) is 1. The van der Waals surface area contributed by atoms with Gasteiger partial charge in [-0.3, -0.25) is 4.79 Å². The first-order chi connectivity index (χ1) is 8.19. The van der Waals surface area contributed by atoms with E-state index in [1.54, 1.807) is 7.11 Å². The second-order valence-electron chi connectivity index (χ2n) is 3.89. The standard InChI is InChI=1S/C13H20N2O2/c1-10(14-2)11-6-4-5-7-12(11)15-13(16)8-9-17-3/h4-7,10,14H,8-9H2,1-3H3,(H,15,16). The van der Waals surface area contributed by atoms with Crippen LogP contribution in [0.2, 0.25) is 0 Å². The number of methoxy groups -OCH3 is 1. The van der Waals surface area contributed by atoms with Gasteiger partial charge in [0.05, 0.1) is 13.0 Å². The predicted molar refractivity (Wildman–Crippen MR) is 69.0 cm³/mol. The van der Waals surface area contributed by atoms with Crippen LogP contribution in [0.4, 0.5) is 5.69 Å². The Morgan fingerprint density at radius 1 is 1.41 bits per heavy atom. The Balaban J connectivity index is 2.73. The molecule has 1 rings (SSSR count). The minimum Gasteiger partial charge on any atom is -0.384 e. The van der Waals surface area contributed by atoms with Gasteiger partial charge < -0.3 is 15.4 Å². The highest BCUT2D eigenvalue weighted by Crippen LogP contribution is 2.22. The fourth-order valence-corrected chi connectivity index (χ4v) is 1.55. The van der Waals surface area contributed by atoms with Crippen molar-refractivity contribution in [1.82, 2.24) is 5.32 Å². The molecule has 1 amide bonds. The van der Waals surface area contributed by atoms with Gasteiger partial charge in [0.25, 0.3) is 0 Å². The molecule has 17 heavy (non-hydrogen) atoms. The Hall–Kier alpha value is -1.39. The van der Waals surface area contributed by atoms with Crippen molar-refractivity contribution in [3.63, 3.8) is 0 Å². The zero-order chi connectivity index (χ0) is 12.7. The molecule has 0 spiro atoms. The van der Waals surface area contributed by atoms with Crippen LogP contribution in [0.25, 0.3) is 0 Å². The third kappa shape index (κ3) is 4.17. The summed E-state index contributed by atoms with van der Waals surface area (Å²) in [6.45, 7) is 2.50. The number of carbonyl (C=O) groups excluding carboxylic acids is 1. The molecule has 0 radical (unpaired) electrons. The molecule has 1 unspecified atom stereocenters. The number of hydrogen-bond acceptors (Lipinski definition) is 3. The first-order valence-corrected chi connectivity index (χ1v) is 5.74. The van der Waals surface area contributed by atoms with Gasteiger partial charge in [-0.15, -0.1) is 0 Å². The summed E-state index contributed by atoms with van der Waals surface area (Å²) in [6, 6.07) is 8.00.